The maximum Gasteiger partial charge on any atom is 0.247 e. The van der Waals surface area contributed by atoms with Crippen LogP contribution in [-0.4, -0.2) is 28.6 Å². The number of para-hydroxylation sites is 1. The molecule has 0 unspecified atom stereocenters. The van der Waals surface area contributed by atoms with Crippen LogP contribution in [0.1, 0.15) is 17.0 Å². The van der Waals surface area contributed by atoms with Gasteiger partial charge in [0.15, 0.2) is 0 Å². The van der Waals surface area contributed by atoms with Gasteiger partial charge < -0.3 is 14.9 Å². The van der Waals surface area contributed by atoms with Gasteiger partial charge in [0.2, 0.25) is 11.8 Å². The van der Waals surface area contributed by atoms with Gasteiger partial charge in [-0.25, -0.2) is 0 Å². The van der Waals surface area contributed by atoms with E-state index in [1.54, 1.807) is 11.8 Å². The average molecular weight is 458 g/mol. The molecule has 0 spiro atoms. The number of hydrogen-bond donors (Lipinski definition) is 1. The average Bonchev–Trinajstić information content (AvgIpc) is 3.33. The highest BCUT2D eigenvalue weighted by Crippen LogP contribution is 2.21. The zero-order valence-corrected chi connectivity index (χ0v) is 19.2. The fourth-order valence-electron chi connectivity index (χ4n) is 3.25. The maximum absolute atomic E-state index is 6.24. The monoisotopic (exact) mass is 457 g/mol. The number of nitrogens with two attached hydrogens (primary N) is 1. The molecule has 0 aliphatic rings. The van der Waals surface area contributed by atoms with Crippen molar-refractivity contribution >= 4 is 17.8 Å². The lowest BCUT2D eigenvalue weighted by molar-refractivity contribution is 0.344. The third kappa shape index (κ3) is 7.34. The highest BCUT2D eigenvalue weighted by Gasteiger charge is 2.08. The molecule has 0 amide bonds. The van der Waals surface area contributed by atoms with E-state index in [2.05, 4.69) is 22.3 Å². The first kappa shape index (κ1) is 22.8. The van der Waals surface area contributed by atoms with Crippen LogP contribution < -0.4 is 10.5 Å². The SMILES string of the molecule is N[C@@H](/C=C/c1ccc(-c2nnc(CSCCOc3ccccc3)o2)cc1)Cc1ccccc1. The predicted octanol–water partition coefficient (Wildman–Crippen LogP) is 5.63. The number of thioether (sulfide) groups is 1. The summed E-state index contributed by atoms with van der Waals surface area (Å²) in [6.45, 7) is 0.639. The van der Waals surface area contributed by atoms with Crippen LogP contribution in [0.25, 0.3) is 17.5 Å². The highest BCUT2D eigenvalue weighted by atomic mass is 32.2. The Hall–Kier alpha value is -3.35. The van der Waals surface area contributed by atoms with Crippen molar-refractivity contribution in [2.45, 2.75) is 18.2 Å². The number of ether oxygens (including phenoxy) is 1. The van der Waals surface area contributed by atoms with Gasteiger partial charge in [0, 0.05) is 17.4 Å². The van der Waals surface area contributed by atoms with Gasteiger partial charge in [-0.05, 0) is 41.8 Å². The Morgan fingerprint density at radius 1 is 0.909 bits per heavy atom. The Labute approximate surface area is 198 Å². The summed E-state index contributed by atoms with van der Waals surface area (Å²) in [4.78, 5) is 0. The van der Waals surface area contributed by atoms with Gasteiger partial charge in [-0.15, -0.1) is 22.0 Å². The van der Waals surface area contributed by atoms with Crippen LogP contribution in [0.3, 0.4) is 0 Å². The Morgan fingerprint density at radius 2 is 1.64 bits per heavy atom. The van der Waals surface area contributed by atoms with E-state index >= 15 is 0 Å². The molecule has 0 aliphatic carbocycles. The van der Waals surface area contributed by atoms with Crippen LogP contribution in [0.15, 0.2) is 95.4 Å². The van der Waals surface area contributed by atoms with Crippen LogP contribution in [0.5, 0.6) is 5.75 Å². The first-order valence-electron chi connectivity index (χ1n) is 10.9. The van der Waals surface area contributed by atoms with E-state index in [1.807, 2.05) is 84.9 Å². The summed E-state index contributed by atoms with van der Waals surface area (Å²) < 4.78 is 11.5. The molecule has 6 heteroatoms. The van der Waals surface area contributed by atoms with Gasteiger partial charge in [-0.2, -0.15) is 0 Å². The second-order valence-corrected chi connectivity index (χ2v) is 8.65. The van der Waals surface area contributed by atoms with Crippen LogP contribution in [-0.2, 0) is 12.2 Å². The van der Waals surface area contributed by atoms with Crippen molar-refractivity contribution in [1.82, 2.24) is 10.2 Å². The first-order valence-corrected chi connectivity index (χ1v) is 12.1. The number of benzene rings is 3. The van der Waals surface area contributed by atoms with Gasteiger partial charge in [0.25, 0.3) is 0 Å². The summed E-state index contributed by atoms with van der Waals surface area (Å²) in [5.74, 6) is 3.54. The molecule has 33 heavy (non-hydrogen) atoms. The summed E-state index contributed by atoms with van der Waals surface area (Å²) in [7, 11) is 0. The van der Waals surface area contributed by atoms with Crippen molar-refractivity contribution in [1.29, 1.82) is 0 Å². The normalized spacial score (nSPS) is 12.2. The minimum Gasteiger partial charge on any atom is -0.493 e. The molecule has 168 valence electrons. The lowest BCUT2D eigenvalue weighted by Gasteiger charge is -2.06. The molecule has 3 aromatic carbocycles. The second-order valence-electron chi connectivity index (χ2n) is 7.55. The molecule has 0 saturated heterocycles. The van der Waals surface area contributed by atoms with Crippen molar-refractivity contribution in [3.63, 3.8) is 0 Å². The minimum absolute atomic E-state index is 0.0267. The molecule has 0 aliphatic heterocycles. The largest absolute Gasteiger partial charge is 0.493 e. The number of hydrogen-bond acceptors (Lipinski definition) is 6. The molecular weight excluding hydrogens is 430 g/mol. The van der Waals surface area contributed by atoms with Crippen molar-refractivity contribution in [2.24, 2.45) is 5.73 Å². The number of rotatable bonds is 11. The molecule has 4 aromatic rings. The molecule has 0 fully saturated rings. The van der Waals surface area contributed by atoms with E-state index in [0.29, 0.717) is 24.1 Å². The van der Waals surface area contributed by atoms with E-state index in [1.165, 1.54) is 5.56 Å². The highest BCUT2D eigenvalue weighted by molar-refractivity contribution is 7.98. The summed E-state index contributed by atoms with van der Waals surface area (Å²) in [6.07, 6.45) is 4.90. The third-order valence-electron chi connectivity index (χ3n) is 4.94. The second kappa shape index (κ2) is 12.0. The van der Waals surface area contributed by atoms with Gasteiger partial charge in [-0.1, -0.05) is 72.8 Å². The molecule has 5 nitrogen and oxygen atoms in total. The molecular formula is C27H27N3O2S. The van der Waals surface area contributed by atoms with E-state index in [-0.39, 0.29) is 6.04 Å². The summed E-state index contributed by atoms with van der Waals surface area (Å²) in [6, 6.07) is 28.1. The van der Waals surface area contributed by atoms with Crippen molar-refractivity contribution in [2.75, 3.05) is 12.4 Å². The van der Waals surface area contributed by atoms with Crippen LogP contribution in [0.4, 0.5) is 0 Å². The molecule has 1 heterocycles. The Kier molecular flexibility index (Phi) is 8.33. The number of aromatic nitrogens is 2. The summed E-state index contributed by atoms with van der Waals surface area (Å²) in [5, 5.41) is 8.35. The van der Waals surface area contributed by atoms with Gasteiger partial charge in [0.1, 0.15) is 5.75 Å². The van der Waals surface area contributed by atoms with E-state index in [0.717, 1.165) is 29.1 Å². The first-order chi connectivity index (χ1) is 16.3. The smallest absolute Gasteiger partial charge is 0.247 e. The molecule has 0 bridgehead atoms. The fraction of sp³-hybridized carbons (Fsp3) is 0.185. The predicted molar refractivity (Wildman–Crippen MR) is 135 cm³/mol. The summed E-state index contributed by atoms with van der Waals surface area (Å²) in [5.41, 5.74) is 9.45. The fourth-order valence-corrected chi connectivity index (χ4v) is 3.89. The van der Waals surface area contributed by atoms with Crippen molar-refractivity contribution in [3.05, 3.63) is 108 Å². The van der Waals surface area contributed by atoms with Gasteiger partial charge in [-0.3, -0.25) is 0 Å². The van der Waals surface area contributed by atoms with E-state index in [4.69, 9.17) is 14.9 Å². The van der Waals surface area contributed by atoms with E-state index in [9.17, 15) is 0 Å². The van der Waals surface area contributed by atoms with Crippen molar-refractivity contribution < 1.29 is 9.15 Å². The zero-order chi connectivity index (χ0) is 22.7. The maximum atomic E-state index is 6.24. The van der Waals surface area contributed by atoms with E-state index < -0.39 is 0 Å². The van der Waals surface area contributed by atoms with Crippen LogP contribution in [0.2, 0.25) is 0 Å². The van der Waals surface area contributed by atoms with Gasteiger partial charge in [0.05, 0.1) is 12.4 Å². The Morgan fingerprint density at radius 3 is 2.39 bits per heavy atom. The minimum atomic E-state index is -0.0267. The topological polar surface area (TPSA) is 74.2 Å². The quantitative estimate of drug-likeness (QED) is 0.294. The molecule has 0 saturated carbocycles. The zero-order valence-electron chi connectivity index (χ0n) is 18.3. The van der Waals surface area contributed by atoms with Crippen LogP contribution in [0, 0.1) is 0 Å². The molecule has 4 rings (SSSR count). The molecule has 0 radical (unpaired) electrons. The standard InChI is InChI=1S/C27H27N3O2S/c28-24(19-22-7-3-1-4-8-22)16-13-21-11-14-23(15-12-21)27-30-29-26(32-27)20-33-18-17-31-25-9-5-2-6-10-25/h1-16,24H,17-20,28H2/b16-13+/t24-/m0/s1. The summed E-state index contributed by atoms with van der Waals surface area (Å²) >= 11 is 1.70. The molecule has 2 N–H and O–H groups in total. The third-order valence-corrected chi connectivity index (χ3v) is 5.85. The van der Waals surface area contributed by atoms with Crippen LogP contribution >= 0.6 is 11.8 Å². The molecule has 1 atom stereocenters. The van der Waals surface area contributed by atoms with Gasteiger partial charge >= 0.3 is 0 Å². The lowest BCUT2D eigenvalue weighted by atomic mass is 10.0. The van der Waals surface area contributed by atoms with Crippen molar-refractivity contribution in [3.8, 4) is 17.2 Å². The number of nitrogens with zero attached hydrogens (tertiary/aromatic N) is 2. The molecule has 1 aromatic heterocycles. The Balaban J connectivity index is 1.22. The lowest BCUT2D eigenvalue weighted by Crippen LogP contribution is -2.19. The Bertz CT molecular complexity index is 1130.